The van der Waals surface area contributed by atoms with E-state index in [2.05, 4.69) is 4.37 Å². The minimum atomic E-state index is -0.991. The highest BCUT2D eigenvalue weighted by atomic mass is 32.1. The highest BCUT2D eigenvalue weighted by Gasteiger charge is 2.13. The number of aromatic nitrogens is 1. The fourth-order valence-electron chi connectivity index (χ4n) is 0.671. The Kier molecular flexibility index (Phi) is 3.04. The lowest BCUT2D eigenvalue weighted by atomic mass is 10.4. The average molecular weight is 187 g/mol. The Balaban J connectivity index is 2.70. The highest BCUT2D eigenvalue weighted by molar-refractivity contribution is 7.04. The van der Waals surface area contributed by atoms with Crippen LogP contribution in [0.1, 0.15) is 23.7 Å². The first-order chi connectivity index (χ1) is 5.75. The van der Waals surface area contributed by atoms with Crippen molar-refractivity contribution in [3.8, 4) is 5.88 Å². The van der Waals surface area contributed by atoms with Gasteiger partial charge in [-0.25, -0.2) is 4.79 Å². The van der Waals surface area contributed by atoms with Gasteiger partial charge in [-0.3, -0.25) is 0 Å². The van der Waals surface area contributed by atoms with Crippen LogP contribution in [0.5, 0.6) is 5.88 Å². The maximum Gasteiger partial charge on any atom is 0.342 e. The number of nitrogens with zero attached hydrogens (tertiary/aromatic N) is 1. The van der Waals surface area contributed by atoms with Crippen LogP contribution in [-0.4, -0.2) is 22.1 Å². The van der Waals surface area contributed by atoms with Gasteiger partial charge in [0.2, 0.25) is 5.88 Å². The lowest BCUT2D eigenvalue weighted by molar-refractivity contribution is 0.0692. The fourth-order valence-corrected chi connectivity index (χ4v) is 1.28. The van der Waals surface area contributed by atoms with Crippen LogP contribution in [-0.2, 0) is 0 Å². The summed E-state index contributed by atoms with van der Waals surface area (Å²) < 4.78 is 8.92. The number of aromatic carboxylic acids is 1. The van der Waals surface area contributed by atoms with Crippen LogP contribution in [0.3, 0.4) is 0 Å². The van der Waals surface area contributed by atoms with Gasteiger partial charge in [0.15, 0.2) is 0 Å². The summed E-state index contributed by atoms with van der Waals surface area (Å²) in [7, 11) is 0. The topological polar surface area (TPSA) is 59.4 Å². The number of carboxylic acid groups (broad SMARTS) is 1. The Morgan fingerprint density at radius 2 is 2.58 bits per heavy atom. The van der Waals surface area contributed by atoms with Crippen molar-refractivity contribution in [1.82, 2.24) is 4.37 Å². The standard InChI is InChI=1S/C7H9NO3S/c1-2-3-11-6-5(7(9)10)4-12-8-6/h4H,2-3H2,1H3,(H,9,10). The zero-order valence-corrected chi connectivity index (χ0v) is 7.43. The molecule has 0 aliphatic heterocycles. The Hall–Kier alpha value is -1.10. The van der Waals surface area contributed by atoms with E-state index in [0.29, 0.717) is 6.61 Å². The second-order valence-corrected chi connectivity index (χ2v) is 2.82. The summed E-state index contributed by atoms with van der Waals surface area (Å²) in [5.41, 5.74) is 0.147. The van der Waals surface area contributed by atoms with E-state index in [1.54, 1.807) is 0 Å². The van der Waals surface area contributed by atoms with Crippen LogP contribution in [0, 0.1) is 0 Å². The fraction of sp³-hybridized carbons (Fsp3) is 0.429. The van der Waals surface area contributed by atoms with Gasteiger partial charge >= 0.3 is 5.97 Å². The minimum absolute atomic E-state index is 0.147. The van der Waals surface area contributed by atoms with Crippen LogP contribution in [0.25, 0.3) is 0 Å². The second-order valence-electron chi connectivity index (χ2n) is 2.19. The molecule has 12 heavy (non-hydrogen) atoms. The largest absolute Gasteiger partial charge is 0.477 e. The van der Waals surface area contributed by atoms with Gasteiger partial charge in [0.1, 0.15) is 5.56 Å². The average Bonchev–Trinajstić information content (AvgIpc) is 2.48. The van der Waals surface area contributed by atoms with Crippen LogP contribution in [0.2, 0.25) is 0 Å². The predicted molar refractivity (Wildman–Crippen MR) is 44.9 cm³/mol. The van der Waals surface area contributed by atoms with Crippen molar-refractivity contribution in [3.63, 3.8) is 0 Å². The number of carbonyl (C=O) groups is 1. The van der Waals surface area contributed by atoms with Crippen LogP contribution in [0.4, 0.5) is 0 Å². The van der Waals surface area contributed by atoms with E-state index in [1.165, 1.54) is 5.38 Å². The van der Waals surface area contributed by atoms with Crippen LogP contribution >= 0.6 is 11.5 Å². The van der Waals surface area contributed by atoms with Gasteiger partial charge in [-0.2, -0.15) is 4.37 Å². The van der Waals surface area contributed by atoms with Crippen molar-refractivity contribution in [2.45, 2.75) is 13.3 Å². The molecule has 1 N–H and O–H groups in total. The highest BCUT2D eigenvalue weighted by Crippen LogP contribution is 2.18. The van der Waals surface area contributed by atoms with Gasteiger partial charge in [-0.1, -0.05) is 6.92 Å². The first-order valence-corrected chi connectivity index (χ1v) is 4.39. The van der Waals surface area contributed by atoms with E-state index in [9.17, 15) is 4.79 Å². The quantitative estimate of drug-likeness (QED) is 0.778. The molecule has 0 amide bonds. The second kappa shape index (κ2) is 4.06. The number of ether oxygens (including phenoxy) is 1. The Labute approximate surface area is 74.0 Å². The molecule has 0 saturated heterocycles. The van der Waals surface area contributed by atoms with Crippen LogP contribution in [0.15, 0.2) is 5.38 Å². The van der Waals surface area contributed by atoms with E-state index in [1.807, 2.05) is 6.92 Å². The molecule has 4 nitrogen and oxygen atoms in total. The molecule has 5 heteroatoms. The maximum atomic E-state index is 10.5. The summed E-state index contributed by atoms with van der Waals surface area (Å²) >= 11 is 1.09. The van der Waals surface area contributed by atoms with Crippen molar-refractivity contribution in [1.29, 1.82) is 0 Å². The lowest BCUT2D eigenvalue weighted by Crippen LogP contribution is -2.01. The van der Waals surface area contributed by atoms with Crippen molar-refractivity contribution in [2.75, 3.05) is 6.61 Å². The normalized spacial score (nSPS) is 9.75. The van der Waals surface area contributed by atoms with Gasteiger partial charge in [0, 0.05) is 5.38 Å². The molecule has 0 atom stereocenters. The molecule has 1 heterocycles. The molecule has 0 saturated carbocycles. The minimum Gasteiger partial charge on any atom is -0.477 e. The van der Waals surface area contributed by atoms with E-state index in [0.717, 1.165) is 18.0 Å². The molecule has 0 radical (unpaired) electrons. The summed E-state index contributed by atoms with van der Waals surface area (Å²) in [6.07, 6.45) is 0.844. The smallest absolute Gasteiger partial charge is 0.342 e. The SMILES string of the molecule is CCCOc1nscc1C(=O)O. The third-order valence-corrected chi connectivity index (χ3v) is 1.82. The molecule has 0 spiro atoms. The maximum absolute atomic E-state index is 10.5. The van der Waals surface area contributed by atoms with E-state index >= 15 is 0 Å². The Bertz CT molecular complexity index is 271. The van der Waals surface area contributed by atoms with Gasteiger partial charge in [-0.15, -0.1) is 0 Å². The van der Waals surface area contributed by atoms with Gasteiger partial charge in [0.05, 0.1) is 6.61 Å². The molecule has 1 aromatic rings. The van der Waals surface area contributed by atoms with E-state index in [4.69, 9.17) is 9.84 Å². The van der Waals surface area contributed by atoms with Crippen LogP contribution < -0.4 is 4.74 Å². The summed E-state index contributed by atoms with van der Waals surface area (Å²) in [4.78, 5) is 10.5. The van der Waals surface area contributed by atoms with Gasteiger partial charge < -0.3 is 9.84 Å². The number of carboxylic acids is 1. The Morgan fingerprint density at radius 3 is 3.17 bits per heavy atom. The molecule has 1 aromatic heterocycles. The molecule has 1 rings (SSSR count). The van der Waals surface area contributed by atoms with E-state index < -0.39 is 5.97 Å². The number of hydrogen-bond acceptors (Lipinski definition) is 4. The monoisotopic (exact) mass is 187 g/mol. The van der Waals surface area contributed by atoms with Gasteiger partial charge in [0.25, 0.3) is 0 Å². The molecule has 0 fully saturated rings. The number of rotatable bonds is 4. The predicted octanol–water partition coefficient (Wildman–Crippen LogP) is 1.63. The zero-order chi connectivity index (χ0) is 8.97. The molecule has 0 aliphatic rings. The molecule has 0 aliphatic carbocycles. The lowest BCUT2D eigenvalue weighted by Gasteiger charge is -1.99. The number of hydrogen-bond donors (Lipinski definition) is 1. The molecule has 0 unspecified atom stereocenters. The van der Waals surface area contributed by atoms with Crippen molar-refractivity contribution < 1.29 is 14.6 Å². The first-order valence-electron chi connectivity index (χ1n) is 3.56. The third kappa shape index (κ3) is 1.94. The first kappa shape index (κ1) is 8.99. The molecule has 66 valence electrons. The van der Waals surface area contributed by atoms with Crippen molar-refractivity contribution in [3.05, 3.63) is 10.9 Å². The van der Waals surface area contributed by atoms with Crippen molar-refractivity contribution in [2.24, 2.45) is 0 Å². The molecular weight excluding hydrogens is 178 g/mol. The van der Waals surface area contributed by atoms with Gasteiger partial charge in [-0.05, 0) is 18.0 Å². The van der Waals surface area contributed by atoms with E-state index in [-0.39, 0.29) is 11.4 Å². The summed E-state index contributed by atoms with van der Waals surface area (Å²) in [5, 5.41) is 10.1. The molecular formula is C7H9NO3S. The Morgan fingerprint density at radius 1 is 1.83 bits per heavy atom. The summed E-state index contributed by atoms with van der Waals surface area (Å²) in [5.74, 6) is -0.760. The third-order valence-electron chi connectivity index (χ3n) is 1.21. The summed E-state index contributed by atoms with van der Waals surface area (Å²) in [6, 6.07) is 0. The summed E-state index contributed by atoms with van der Waals surface area (Å²) in [6.45, 7) is 2.46. The molecule has 0 aromatic carbocycles. The zero-order valence-electron chi connectivity index (χ0n) is 6.61. The molecule has 0 bridgehead atoms. The van der Waals surface area contributed by atoms with Crippen molar-refractivity contribution >= 4 is 17.5 Å².